The van der Waals surface area contributed by atoms with Crippen molar-refractivity contribution in [1.29, 1.82) is 0 Å². The minimum absolute atomic E-state index is 0.0959. The van der Waals surface area contributed by atoms with Gasteiger partial charge in [-0.15, -0.1) is 0 Å². The van der Waals surface area contributed by atoms with E-state index in [1.54, 1.807) is 4.90 Å². The molecule has 0 unspecified atom stereocenters. The molecule has 6 heteroatoms. The summed E-state index contributed by atoms with van der Waals surface area (Å²) in [4.78, 5) is 14.5. The number of nitrogens with one attached hydrogen (secondary N) is 1. The molecular weight excluding hydrogens is 356 g/mol. The number of rotatable bonds is 7. The molecule has 0 bridgehead atoms. The van der Waals surface area contributed by atoms with Crippen molar-refractivity contribution in [3.8, 4) is 0 Å². The van der Waals surface area contributed by atoms with E-state index in [-0.39, 0.29) is 11.8 Å². The van der Waals surface area contributed by atoms with E-state index >= 15 is 0 Å². The number of amides is 1. The molecule has 3 N–H and O–H groups in total. The molecule has 2 rings (SSSR count). The summed E-state index contributed by atoms with van der Waals surface area (Å²) in [7, 11) is 0. The fraction of sp³-hybridized carbons (Fsp3) is 0.412. The normalized spacial score (nSPS) is 11.0. The Balaban J connectivity index is 2.12. The van der Waals surface area contributed by atoms with Crippen LogP contribution in [0.2, 0.25) is 0 Å². The summed E-state index contributed by atoms with van der Waals surface area (Å²) in [5.74, 6) is 0.173. The van der Waals surface area contributed by atoms with Crippen molar-refractivity contribution in [3.05, 3.63) is 51.8 Å². The van der Waals surface area contributed by atoms with Gasteiger partial charge in [-0.3, -0.25) is 9.89 Å². The topological polar surface area (TPSA) is 75.0 Å². The summed E-state index contributed by atoms with van der Waals surface area (Å²) < 4.78 is 0.749. The predicted octanol–water partition coefficient (Wildman–Crippen LogP) is 2.94. The van der Waals surface area contributed by atoms with Gasteiger partial charge in [0.25, 0.3) is 5.91 Å². The number of carbonyl (C=O) groups is 1. The zero-order valence-electron chi connectivity index (χ0n) is 13.6. The van der Waals surface area contributed by atoms with Crippen LogP contribution in [0.5, 0.6) is 0 Å². The van der Waals surface area contributed by atoms with Gasteiger partial charge in [-0.1, -0.05) is 44.2 Å². The fourth-order valence-corrected chi connectivity index (χ4v) is 3.20. The Morgan fingerprint density at radius 2 is 2.00 bits per heavy atom. The molecule has 2 aromatic rings. The van der Waals surface area contributed by atoms with E-state index in [0.29, 0.717) is 25.3 Å². The minimum Gasteiger partial charge on any atom is -0.336 e. The number of hydrogen-bond acceptors (Lipinski definition) is 3. The van der Waals surface area contributed by atoms with Crippen molar-refractivity contribution < 1.29 is 4.79 Å². The molecule has 0 fully saturated rings. The van der Waals surface area contributed by atoms with E-state index in [1.807, 2.05) is 18.2 Å². The standard InChI is InChI=1S/C17H23BrN4O/c1-12(2)15-14(18)16(21-20-15)17(23)22(11-9-19)10-8-13-6-4-3-5-7-13/h3-7,12H,8-11,19H2,1-2H3,(H,20,21). The number of aromatic nitrogens is 2. The summed E-state index contributed by atoms with van der Waals surface area (Å²) in [6, 6.07) is 10.1. The lowest BCUT2D eigenvalue weighted by Crippen LogP contribution is -2.37. The van der Waals surface area contributed by atoms with Crippen LogP contribution in [0.25, 0.3) is 0 Å². The summed E-state index contributed by atoms with van der Waals surface area (Å²) in [6.07, 6.45) is 0.797. The van der Waals surface area contributed by atoms with Gasteiger partial charge in [-0.2, -0.15) is 5.10 Å². The molecule has 5 nitrogen and oxygen atoms in total. The van der Waals surface area contributed by atoms with Gasteiger partial charge in [-0.05, 0) is 33.8 Å². The summed E-state index contributed by atoms with van der Waals surface area (Å²) in [5, 5.41) is 7.14. The largest absolute Gasteiger partial charge is 0.336 e. The molecule has 124 valence electrons. The third-order valence-electron chi connectivity index (χ3n) is 3.71. The lowest BCUT2D eigenvalue weighted by molar-refractivity contribution is 0.0755. The molecule has 0 aliphatic heterocycles. The SMILES string of the molecule is CC(C)c1[nH]nc(C(=O)N(CCN)CCc2ccccc2)c1Br. The van der Waals surface area contributed by atoms with Crippen molar-refractivity contribution in [2.45, 2.75) is 26.2 Å². The Morgan fingerprint density at radius 3 is 2.57 bits per heavy atom. The third kappa shape index (κ3) is 4.42. The quantitative estimate of drug-likeness (QED) is 0.777. The van der Waals surface area contributed by atoms with Gasteiger partial charge < -0.3 is 10.6 Å². The smallest absolute Gasteiger partial charge is 0.275 e. The van der Waals surface area contributed by atoms with Crippen LogP contribution in [-0.4, -0.2) is 40.6 Å². The van der Waals surface area contributed by atoms with Crippen LogP contribution in [-0.2, 0) is 6.42 Å². The highest BCUT2D eigenvalue weighted by Gasteiger charge is 2.23. The van der Waals surface area contributed by atoms with Crippen LogP contribution in [0.4, 0.5) is 0 Å². The number of carbonyl (C=O) groups excluding carboxylic acids is 1. The fourth-order valence-electron chi connectivity index (χ4n) is 2.40. The van der Waals surface area contributed by atoms with Crippen molar-refractivity contribution in [2.75, 3.05) is 19.6 Å². The number of halogens is 1. The molecule has 0 aliphatic rings. The maximum absolute atomic E-state index is 12.8. The summed E-state index contributed by atoms with van der Waals surface area (Å²) in [5.41, 5.74) is 8.23. The van der Waals surface area contributed by atoms with Gasteiger partial charge in [0.1, 0.15) is 0 Å². The van der Waals surface area contributed by atoms with Gasteiger partial charge in [0.15, 0.2) is 5.69 Å². The van der Waals surface area contributed by atoms with Crippen LogP contribution >= 0.6 is 15.9 Å². The Hall–Kier alpha value is -1.66. The van der Waals surface area contributed by atoms with Crippen LogP contribution in [0, 0.1) is 0 Å². The van der Waals surface area contributed by atoms with Crippen molar-refractivity contribution >= 4 is 21.8 Å². The first-order valence-electron chi connectivity index (χ1n) is 7.81. The Kier molecular flexibility index (Phi) is 6.36. The lowest BCUT2D eigenvalue weighted by atomic mass is 10.1. The molecule has 1 aromatic heterocycles. The summed E-state index contributed by atoms with van der Waals surface area (Å²) >= 11 is 3.50. The zero-order valence-corrected chi connectivity index (χ0v) is 15.1. The zero-order chi connectivity index (χ0) is 16.8. The molecule has 23 heavy (non-hydrogen) atoms. The van der Waals surface area contributed by atoms with Crippen molar-refractivity contribution in [2.24, 2.45) is 5.73 Å². The van der Waals surface area contributed by atoms with Crippen molar-refractivity contribution in [3.63, 3.8) is 0 Å². The van der Waals surface area contributed by atoms with E-state index in [1.165, 1.54) is 5.56 Å². The van der Waals surface area contributed by atoms with Gasteiger partial charge >= 0.3 is 0 Å². The molecule has 1 aromatic carbocycles. The number of hydrogen-bond donors (Lipinski definition) is 2. The number of H-pyrrole nitrogens is 1. The van der Waals surface area contributed by atoms with Crippen molar-refractivity contribution in [1.82, 2.24) is 15.1 Å². The van der Waals surface area contributed by atoms with Crippen LogP contribution in [0.15, 0.2) is 34.8 Å². The highest BCUT2D eigenvalue weighted by molar-refractivity contribution is 9.10. The van der Waals surface area contributed by atoms with Crippen LogP contribution in [0.1, 0.15) is 41.5 Å². The van der Waals surface area contributed by atoms with Crippen LogP contribution < -0.4 is 5.73 Å². The average molecular weight is 379 g/mol. The Morgan fingerprint density at radius 1 is 1.30 bits per heavy atom. The van der Waals surface area contributed by atoms with Crippen LogP contribution in [0.3, 0.4) is 0 Å². The summed E-state index contributed by atoms with van der Waals surface area (Å²) in [6.45, 7) is 5.68. The molecule has 0 spiro atoms. The molecule has 1 heterocycles. The molecule has 0 saturated heterocycles. The Bertz CT molecular complexity index is 639. The average Bonchev–Trinajstić information content (AvgIpc) is 2.93. The van der Waals surface area contributed by atoms with E-state index in [4.69, 9.17) is 5.73 Å². The highest BCUT2D eigenvalue weighted by atomic mass is 79.9. The molecular formula is C17H23BrN4O. The maximum atomic E-state index is 12.8. The molecule has 0 saturated carbocycles. The first-order chi connectivity index (χ1) is 11.0. The molecule has 0 aliphatic carbocycles. The first-order valence-corrected chi connectivity index (χ1v) is 8.61. The molecule has 1 amide bonds. The predicted molar refractivity (Wildman–Crippen MR) is 95.5 cm³/mol. The number of benzene rings is 1. The van der Waals surface area contributed by atoms with E-state index in [2.05, 4.69) is 52.1 Å². The second-order valence-electron chi connectivity index (χ2n) is 5.77. The number of nitrogens with two attached hydrogens (primary N) is 1. The Labute approximate surface area is 145 Å². The minimum atomic E-state index is -0.0959. The van der Waals surface area contributed by atoms with E-state index < -0.39 is 0 Å². The van der Waals surface area contributed by atoms with E-state index in [9.17, 15) is 4.79 Å². The third-order valence-corrected chi connectivity index (χ3v) is 4.51. The number of aromatic amines is 1. The maximum Gasteiger partial charge on any atom is 0.275 e. The van der Waals surface area contributed by atoms with Gasteiger partial charge in [0.05, 0.1) is 10.2 Å². The number of nitrogens with zero attached hydrogens (tertiary/aromatic N) is 2. The lowest BCUT2D eigenvalue weighted by Gasteiger charge is -2.21. The van der Waals surface area contributed by atoms with Gasteiger partial charge in [-0.25, -0.2) is 0 Å². The second-order valence-corrected chi connectivity index (χ2v) is 6.56. The molecule has 0 atom stereocenters. The highest BCUT2D eigenvalue weighted by Crippen LogP contribution is 2.26. The monoisotopic (exact) mass is 378 g/mol. The van der Waals surface area contributed by atoms with Gasteiger partial charge in [0, 0.05) is 19.6 Å². The molecule has 0 radical (unpaired) electrons. The van der Waals surface area contributed by atoms with Gasteiger partial charge in [0.2, 0.25) is 0 Å². The van der Waals surface area contributed by atoms with E-state index in [0.717, 1.165) is 16.6 Å². The first kappa shape index (κ1) is 17.7. The second kappa shape index (κ2) is 8.26.